The van der Waals surface area contributed by atoms with Crippen molar-refractivity contribution in [3.63, 3.8) is 0 Å². The summed E-state index contributed by atoms with van der Waals surface area (Å²) < 4.78 is 0. The fourth-order valence-corrected chi connectivity index (χ4v) is 2.34. The van der Waals surface area contributed by atoms with Gasteiger partial charge in [0.15, 0.2) is 0 Å². The third-order valence-corrected chi connectivity index (χ3v) is 3.10. The zero-order chi connectivity index (χ0) is 12.6. The highest BCUT2D eigenvalue weighted by atomic mass is 16.1. The Morgan fingerprint density at radius 3 is 2.12 bits per heavy atom. The van der Waals surface area contributed by atoms with Crippen LogP contribution in [0.15, 0.2) is 0 Å². The van der Waals surface area contributed by atoms with E-state index in [1.807, 2.05) is 20.8 Å². The number of carbonyl (C=O) groups is 1. The van der Waals surface area contributed by atoms with E-state index in [0.29, 0.717) is 30.2 Å². The van der Waals surface area contributed by atoms with Crippen LogP contribution in [0.25, 0.3) is 0 Å². The second-order valence-corrected chi connectivity index (χ2v) is 4.69. The van der Waals surface area contributed by atoms with E-state index in [1.54, 1.807) is 0 Å². The van der Waals surface area contributed by atoms with E-state index in [9.17, 15) is 4.79 Å². The largest absolute Gasteiger partial charge is 0.312 e. The summed E-state index contributed by atoms with van der Waals surface area (Å²) in [5.74, 6) is 0.832. The predicted molar refractivity (Wildman–Crippen MR) is 72.8 cm³/mol. The molecule has 2 heteroatoms. The van der Waals surface area contributed by atoms with E-state index in [1.165, 1.54) is 12.8 Å². The number of hydrogen-bond donors (Lipinski definition) is 1. The zero-order valence-corrected chi connectivity index (χ0v) is 11.7. The number of ketones is 1. The Hall–Kier alpha value is -0.370. The minimum atomic E-state index is 0. The fourth-order valence-electron chi connectivity index (χ4n) is 2.34. The maximum atomic E-state index is 11.5. The van der Waals surface area contributed by atoms with E-state index in [0.717, 1.165) is 12.8 Å². The van der Waals surface area contributed by atoms with Gasteiger partial charge in [-0.05, 0) is 25.7 Å². The molecule has 98 valence electrons. The second kappa shape index (κ2) is 8.74. The number of nitrogens with one attached hydrogen (secondary N) is 1. The lowest BCUT2D eigenvalue weighted by Gasteiger charge is -2.29. The standard InChI is InChI=1S/C12H23NO.C2H6.H2/c1-4-12(14)10-5-7-11(8-6-10)13-9(2)3;1-2;/h9-11,13H,4-8H2,1-3H3;1-2H3;1H. The Balaban J connectivity index is 0. The molecule has 1 rings (SSSR count). The molecule has 0 amide bonds. The van der Waals surface area contributed by atoms with Crippen molar-refractivity contribution in [3.8, 4) is 0 Å². The predicted octanol–water partition coefficient (Wildman–Crippen LogP) is 3.79. The molecule has 1 N–H and O–H groups in total. The number of hydrogen-bond acceptors (Lipinski definition) is 2. The second-order valence-electron chi connectivity index (χ2n) is 4.69. The molecule has 1 aliphatic carbocycles. The minimum absolute atomic E-state index is 0. The summed E-state index contributed by atoms with van der Waals surface area (Å²) in [6, 6.07) is 1.22. The molecule has 1 aliphatic rings. The summed E-state index contributed by atoms with van der Waals surface area (Å²) in [5.41, 5.74) is 0. The Kier molecular flexibility index (Phi) is 8.54. The first kappa shape index (κ1) is 15.6. The normalized spacial score (nSPS) is 24.9. The molecule has 0 heterocycles. The number of rotatable bonds is 4. The number of Topliss-reactive ketones (excluding diaryl/α,β-unsaturated/α-hetero) is 1. The van der Waals surface area contributed by atoms with Gasteiger partial charge in [-0.1, -0.05) is 34.6 Å². The molecule has 0 aromatic heterocycles. The van der Waals surface area contributed by atoms with Gasteiger partial charge >= 0.3 is 0 Å². The van der Waals surface area contributed by atoms with E-state index < -0.39 is 0 Å². The summed E-state index contributed by atoms with van der Waals surface area (Å²) in [7, 11) is 0. The van der Waals surface area contributed by atoms with Crippen LogP contribution in [0.1, 0.15) is 68.1 Å². The van der Waals surface area contributed by atoms with Crippen LogP contribution in [0, 0.1) is 5.92 Å². The first-order valence-corrected chi connectivity index (χ1v) is 6.92. The lowest BCUT2D eigenvalue weighted by molar-refractivity contribution is -0.123. The van der Waals surface area contributed by atoms with Crippen LogP contribution < -0.4 is 5.32 Å². The van der Waals surface area contributed by atoms with Crippen LogP contribution in [0.3, 0.4) is 0 Å². The molecule has 0 aliphatic heterocycles. The molecule has 1 fully saturated rings. The molecule has 0 atom stereocenters. The van der Waals surface area contributed by atoms with Crippen molar-refractivity contribution in [2.24, 2.45) is 5.92 Å². The highest BCUT2D eigenvalue weighted by Gasteiger charge is 2.24. The third-order valence-electron chi connectivity index (χ3n) is 3.10. The van der Waals surface area contributed by atoms with Crippen LogP contribution in [0.2, 0.25) is 0 Å². The Labute approximate surface area is 103 Å². The van der Waals surface area contributed by atoms with Gasteiger partial charge in [0.05, 0.1) is 0 Å². The quantitative estimate of drug-likeness (QED) is 0.794. The maximum Gasteiger partial charge on any atom is 0.135 e. The van der Waals surface area contributed by atoms with E-state index in [4.69, 9.17) is 0 Å². The molecular weight excluding hydrogens is 198 g/mol. The molecular formula is C14H31NO. The van der Waals surface area contributed by atoms with Gasteiger partial charge in [-0.25, -0.2) is 0 Å². The molecule has 0 radical (unpaired) electrons. The van der Waals surface area contributed by atoms with Gasteiger partial charge < -0.3 is 5.32 Å². The van der Waals surface area contributed by atoms with Crippen molar-refractivity contribution >= 4 is 5.78 Å². The highest BCUT2D eigenvalue weighted by molar-refractivity contribution is 5.80. The lowest BCUT2D eigenvalue weighted by Crippen LogP contribution is -2.38. The topological polar surface area (TPSA) is 29.1 Å². The molecule has 0 aromatic carbocycles. The SMILES string of the molecule is CC.CCC(=O)C1CCC(NC(C)C)CC1.[HH]. The van der Waals surface area contributed by atoms with Crippen LogP contribution >= 0.6 is 0 Å². The molecule has 0 aromatic rings. The average Bonchev–Trinajstić information content (AvgIpc) is 2.31. The van der Waals surface area contributed by atoms with Gasteiger partial charge in [-0.2, -0.15) is 0 Å². The molecule has 0 unspecified atom stereocenters. The first-order valence-electron chi connectivity index (χ1n) is 6.92. The van der Waals surface area contributed by atoms with Crippen LogP contribution in [-0.2, 0) is 4.79 Å². The molecule has 0 saturated heterocycles. The van der Waals surface area contributed by atoms with E-state index in [2.05, 4.69) is 19.2 Å². The Bertz CT molecular complexity index is 187. The van der Waals surface area contributed by atoms with Crippen molar-refractivity contribution in [2.45, 2.75) is 78.8 Å². The lowest BCUT2D eigenvalue weighted by atomic mass is 9.82. The maximum absolute atomic E-state index is 11.5. The average molecular weight is 229 g/mol. The van der Waals surface area contributed by atoms with Crippen LogP contribution in [-0.4, -0.2) is 17.9 Å². The van der Waals surface area contributed by atoms with Crippen molar-refractivity contribution in [2.75, 3.05) is 0 Å². The van der Waals surface area contributed by atoms with Gasteiger partial charge in [-0.15, -0.1) is 0 Å². The Morgan fingerprint density at radius 1 is 1.25 bits per heavy atom. The van der Waals surface area contributed by atoms with E-state index >= 15 is 0 Å². The van der Waals surface area contributed by atoms with Gasteiger partial charge in [0, 0.05) is 25.8 Å². The number of carbonyl (C=O) groups excluding carboxylic acids is 1. The zero-order valence-electron chi connectivity index (χ0n) is 11.7. The van der Waals surface area contributed by atoms with Gasteiger partial charge in [0.1, 0.15) is 5.78 Å². The van der Waals surface area contributed by atoms with Crippen LogP contribution in [0.4, 0.5) is 0 Å². The smallest absolute Gasteiger partial charge is 0.135 e. The van der Waals surface area contributed by atoms with E-state index in [-0.39, 0.29) is 1.43 Å². The monoisotopic (exact) mass is 229 g/mol. The Morgan fingerprint density at radius 2 is 1.75 bits per heavy atom. The molecule has 0 spiro atoms. The molecule has 2 nitrogen and oxygen atoms in total. The molecule has 16 heavy (non-hydrogen) atoms. The van der Waals surface area contributed by atoms with Crippen molar-refractivity contribution in [3.05, 3.63) is 0 Å². The van der Waals surface area contributed by atoms with Crippen molar-refractivity contribution in [1.82, 2.24) is 5.32 Å². The molecule has 1 saturated carbocycles. The highest BCUT2D eigenvalue weighted by Crippen LogP contribution is 2.25. The van der Waals surface area contributed by atoms with Gasteiger partial charge in [0.25, 0.3) is 0 Å². The van der Waals surface area contributed by atoms with Gasteiger partial charge in [-0.3, -0.25) is 4.79 Å². The third kappa shape index (κ3) is 5.64. The first-order chi connectivity index (χ1) is 7.63. The fraction of sp³-hybridized carbons (Fsp3) is 0.929. The molecule has 0 bridgehead atoms. The summed E-state index contributed by atoms with van der Waals surface area (Å²) >= 11 is 0. The van der Waals surface area contributed by atoms with Crippen molar-refractivity contribution < 1.29 is 6.22 Å². The summed E-state index contributed by atoms with van der Waals surface area (Å²) in [4.78, 5) is 11.5. The summed E-state index contributed by atoms with van der Waals surface area (Å²) in [6.07, 6.45) is 5.25. The summed E-state index contributed by atoms with van der Waals surface area (Å²) in [6.45, 7) is 10.3. The van der Waals surface area contributed by atoms with Crippen LogP contribution in [0.5, 0.6) is 0 Å². The summed E-state index contributed by atoms with van der Waals surface area (Å²) in [5, 5.41) is 3.55. The van der Waals surface area contributed by atoms with Crippen molar-refractivity contribution in [1.29, 1.82) is 0 Å². The minimum Gasteiger partial charge on any atom is -0.312 e. The van der Waals surface area contributed by atoms with Gasteiger partial charge in [0.2, 0.25) is 0 Å².